The molecule has 24 heavy (non-hydrogen) atoms. The summed E-state index contributed by atoms with van der Waals surface area (Å²) in [5, 5.41) is 14.1. The number of nitrogens with zero attached hydrogens (tertiary/aromatic N) is 4. The molecule has 6 nitrogen and oxygen atoms in total. The van der Waals surface area contributed by atoms with Crippen LogP contribution in [0.15, 0.2) is 36.4 Å². The summed E-state index contributed by atoms with van der Waals surface area (Å²) in [6, 6.07) is 5.53. The fourth-order valence-electron chi connectivity index (χ4n) is 2.45. The average Bonchev–Trinajstić information content (AvgIpc) is 3.10. The lowest BCUT2D eigenvalue weighted by Crippen LogP contribution is -2.03. The Labute approximate surface area is 156 Å². The monoisotopic (exact) mass is 468 g/mol. The Morgan fingerprint density at radius 1 is 1.25 bits per heavy atom. The van der Waals surface area contributed by atoms with E-state index in [4.69, 9.17) is 4.42 Å². The molecule has 4 aromatic rings. The van der Waals surface area contributed by atoms with Crippen molar-refractivity contribution in [3.05, 3.63) is 43.4 Å². The van der Waals surface area contributed by atoms with E-state index in [1.54, 1.807) is 10.6 Å². The third kappa shape index (κ3) is 2.60. The molecule has 0 amide bonds. The molecule has 9 heteroatoms. The van der Waals surface area contributed by atoms with Gasteiger partial charge < -0.3 is 4.42 Å². The molecule has 3 aromatic heterocycles. The Morgan fingerprint density at radius 3 is 2.88 bits per heavy atom. The van der Waals surface area contributed by atoms with Gasteiger partial charge in [0, 0.05) is 16.3 Å². The number of hydrogen-bond donors (Lipinski definition) is 0. The zero-order valence-corrected chi connectivity index (χ0v) is 16.4. The van der Waals surface area contributed by atoms with E-state index in [0.29, 0.717) is 21.1 Å². The number of benzene rings is 1. The van der Waals surface area contributed by atoms with Gasteiger partial charge in [-0.15, -0.1) is 10.2 Å². The van der Waals surface area contributed by atoms with Crippen molar-refractivity contribution in [2.24, 2.45) is 0 Å². The third-order valence-corrected chi connectivity index (χ3v) is 5.49. The van der Waals surface area contributed by atoms with Crippen molar-refractivity contribution in [3.63, 3.8) is 0 Å². The predicted octanol–water partition coefficient (Wildman–Crippen LogP) is 4.44. The molecule has 0 radical (unpaired) electrons. The lowest BCUT2D eigenvalue weighted by atomic mass is 10.2. The number of hydrogen-bond acceptors (Lipinski definition) is 6. The second kappa shape index (κ2) is 6.05. The predicted molar refractivity (Wildman–Crippen MR) is 99.5 cm³/mol. The summed E-state index contributed by atoms with van der Waals surface area (Å²) >= 11 is 8.18. The highest BCUT2D eigenvalue weighted by Gasteiger charge is 2.17. The van der Waals surface area contributed by atoms with Crippen LogP contribution in [0.5, 0.6) is 0 Å². The Morgan fingerprint density at radius 2 is 2.08 bits per heavy atom. The van der Waals surface area contributed by atoms with Crippen molar-refractivity contribution in [3.8, 4) is 10.6 Å². The van der Waals surface area contributed by atoms with Crippen molar-refractivity contribution < 1.29 is 4.42 Å². The zero-order chi connectivity index (χ0) is 16.8. The molecule has 0 aliphatic heterocycles. The lowest BCUT2D eigenvalue weighted by molar-refractivity contribution is 0.561. The molecule has 0 spiro atoms. The van der Waals surface area contributed by atoms with Gasteiger partial charge in [-0.25, -0.2) is 4.79 Å². The van der Waals surface area contributed by atoms with Gasteiger partial charge >= 0.3 is 5.63 Å². The average molecular weight is 470 g/mol. The van der Waals surface area contributed by atoms with Gasteiger partial charge in [0.1, 0.15) is 0 Å². The van der Waals surface area contributed by atoms with E-state index in [9.17, 15) is 4.79 Å². The number of aryl methyl sites for hydroxylation is 1. The first-order chi connectivity index (χ1) is 11.6. The Kier molecular flexibility index (Phi) is 4.01. The minimum atomic E-state index is -0.424. The molecule has 0 bridgehead atoms. The number of fused-ring (bicyclic) bond motifs is 2. The van der Waals surface area contributed by atoms with Crippen LogP contribution in [0.1, 0.15) is 19.2 Å². The Bertz CT molecular complexity index is 1130. The molecule has 0 aliphatic carbocycles. The van der Waals surface area contributed by atoms with Crippen molar-refractivity contribution in [1.82, 2.24) is 19.8 Å². The molecular weight excluding hydrogens is 460 g/mol. The summed E-state index contributed by atoms with van der Waals surface area (Å²) in [5.41, 5.74) is 0.514. The molecular formula is C15H10Br2N4O2S. The van der Waals surface area contributed by atoms with Gasteiger partial charge in [-0.05, 0) is 40.5 Å². The third-order valence-electron chi connectivity index (χ3n) is 3.51. The van der Waals surface area contributed by atoms with E-state index in [0.717, 1.165) is 33.0 Å². The quantitative estimate of drug-likeness (QED) is 0.415. The fourth-order valence-corrected chi connectivity index (χ4v) is 4.65. The molecule has 122 valence electrons. The van der Waals surface area contributed by atoms with Crippen LogP contribution in [0.2, 0.25) is 0 Å². The second-order valence-electron chi connectivity index (χ2n) is 5.22. The van der Waals surface area contributed by atoms with Crippen LogP contribution in [0, 0.1) is 0 Å². The van der Waals surface area contributed by atoms with Crippen LogP contribution in [0.4, 0.5) is 0 Å². The summed E-state index contributed by atoms with van der Waals surface area (Å²) in [5.74, 6) is 0.797. The highest BCUT2D eigenvalue weighted by atomic mass is 79.9. The Balaban J connectivity index is 1.92. The molecule has 0 N–H and O–H groups in total. The van der Waals surface area contributed by atoms with Gasteiger partial charge in [-0.3, -0.25) is 0 Å². The van der Waals surface area contributed by atoms with Gasteiger partial charge in [-0.1, -0.05) is 34.2 Å². The van der Waals surface area contributed by atoms with E-state index in [1.807, 2.05) is 12.1 Å². The van der Waals surface area contributed by atoms with Gasteiger partial charge in [0.05, 0.1) is 10.0 Å². The molecule has 1 aromatic carbocycles. The Hall–Kier alpha value is -1.58. The molecule has 3 heterocycles. The van der Waals surface area contributed by atoms with Crippen LogP contribution >= 0.6 is 43.2 Å². The van der Waals surface area contributed by atoms with E-state index in [2.05, 4.69) is 54.1 Å². The first kappa shape index (κ1) is 15.9. The number of halogens is 2. The topological polar surface area (TPSA) is 73.3 Å². The van der Waals surface area contributed by atoms with Gasteiger partial charge in [0.25, 0.3) is 0 Å². The smallest absolute Gasteiger partial charge is 0.346 e. The largest absolute Gasteiger partial charge is 0.421 e. The van der Waals surface area contributed by atoms with Crippen LogP contribution in [0.25, 0.3) is 26.5 Å². The summed E-state index contributed by atoms with van der Waals surface area (Å²) in [7, 11) is 0. The van der Waals surface area contributed by atoms with Gasteiger partial charge in [0.2, 0.25) is 4.96 Å². The first-order valence-corrected chi connectivity index (χ1v) is 9.61. The van der Waals surface area contributed by atoms with Crippen molar-refractivity contribution in [2.75, 3.05) is 0 Å². The van der Waals surface area contributed by atoms with E-state index in [1.165, 1.54) is 11.3 Å². The molecule has 0 aliphatic rings. The van der Waals surface area contributed by atoms with Gasteiger partial charge in [0.15, 0.2) is 16.4 Å². The normalized spacial score (nSPS) is 11.6. The van der Waals surface area contributed by atoms with Crippen molar-refractivity contribution >= 4 is 59.1 Å². The molecule has 0 fully saturated rings. The number of rotatable bonds is 3. The molecule has 4 rings (SSSR count). The zero-order valence-electron chi connectivity index (χ0n) is 12.4. The van der Waals surface area contributed by atoms with E-state index in [-0.39, 0.29) is 0 Å². The molecule has 0 atom stereocenters. The van der Waals surface area contributed by atoms with Crippen LogP contribution < -0.4 is 5.63 Å². The van der Waals surface area contributed by atoms with Crippen molar-refractivity contribution in [2.45, 2.75) is 19.8 Å². The summed E-state index contributed by atoms with van der Waals surface area (Å²) < 4.78 is 8.79. The van der Waals surface area contributed by atoms with Crippen LogP contribution in [-0.4, -0.2) is 19.8 Å². The van der Waals surface area contributed by atoms with Crippen LogP contribution in [0.3, 0.4) is 0 Å². The standard InChI is InChI=1S/C15H10Br2N4O2S/c1-2-3-11-18-19-15-21(11)20-13(24-15)9-5-7-4-8(16)6-10(17)12(7)23-14(9)22/h4-6H,2-3H2,1H3. The minimum absolute atomic E-state index is 0.422. The fraction of sp³-hybridized carbons (Fsp3) is 0.200. The maximum absolute atomic E-state index is 12.4. The van der Waals surface area contributed by atoms with Crippen LogP contribution in [-0.2, 0) is 6.42 Å². The molecule has 0 saturated carbocycles. The lowest BCUT2D eigenvalue weighted by Gasteiger charge is -2.02. The summed E-state index contributed by atoms with van der Waals surface area (Å²) in [6.45, 7) is 2.07. The van der Waals surface area contributed by atoms with E-state index >= 15 is 0 Å². The number of aromatic nitrogens is 4. The summed E-state index contributed by atoms with van der Waals surface area (Å²) in [4.78, 5) is 13.1. The highest BCUT2D eigenvalue weighted by Crippen LogP contribution is 2.31. The highest BCUT2D eigenvalue weighted by molar-refractivity contribution is 9.11. The maximum Gasteiger partial charge on any atom is 0.346 e. The van der Waals surface area contributed by atoms with Gasteiger partial charge in [-0.2, -0.15) is 9.61 Å². The minimum Gasteiger partial charge on any atom is -0.421 e. The maximum atomic E-state index is 12.4. The first-order valence-electron chi connectivity index (χ1n) is 7.21. The molecule has 0 unspecified atom stereocenters. The van der Waals surface area contributed by atoms with E-state index < -0.39 is 5.63 Å². The SMILES string of the molecule is CCCc1nnc2sc(-c3cc4cc(Br)cc(Br)c4oc3=O)nn12. The second-order valence-corrected chi connectivity index (χ2v) is 7.95. The molecule has 0 saturated heterocycles. The van der Waals surface area contributed by atoms with Crippen molar-refractivity contribution in [1.29, 1.82) is 0 Å². The summed E-state index contributed by atoms with van der Waals surface area (Å²) in [6.07, 6.45) is 1.74.